The topological polar surface area (TPSA) is 61.5 Å². The molecular formula is C8H19N3O. The van der Waals surface area contributed by atoms with Gasteiger partial charge < -0.3 is 10.8 Å². The van der Waals surface area contributed by atoms with E-state index in [0.717, 1.165) is 25.9 Å². The summed E-state index contributed by atoms with van der Waals surface area (Å²) in [6, 6.07) is 0. The number of nitrogens with two attached hydrogens (primary N) is 1. The van der Waals surface area contributed by atoms with Crippen LogP contribution in [-0.2, 0) is 0 Å². The highest BCUT2D eigenvalue weighted by Crippen LogP contribution is 2.16. The average Bonchev–Trinajstić information content (AvgIpc) is 2.38. The van der Waals surface area contributed by atoms with Gasteiger partial charge in [0, 0.05) is 19.0 Å². The SMILES string of the molecule is CCCN1NCC(CCN)C1O. The molecule has 1 fully saturated rings. The maximum atomic E-state index is 9.72. The summed E-state index contributed by atoms with van der Waals surface area (Å²) in [5, 5.41) is 11.6. The number of hydrogen-bond donors (Lipinski definition) is 3. The molecule has 0 bridgehead atoms. The number of nitrogens with zero attached hydrogens (tertiary/aromatic N) is 1. The van der Waals surface area contributed by atoms with Crippen molar-refractivity contribution in [2.24, 2.45) is 11.7 Å². The summed E-state index contributed by atoms with van der Waals surface area (Å²) in [4.78, 5) is 0. The Morgan fingerprint density at radius 3 is 3.00 bits per heavy atom. The van der Waals surface area contributed by atoms with Gasteiger partial charge in [0.1, 0.15) is 6.23 Å². The third-order valence-electron chi connectivity index (χ3n) is 2.30. The predicted molar refractivity (Wildman–Crippen MR) is 48.2 cm³/mol. The van der Waals surface area contributed by atoms with Crippen molar-refractivity contribution in [2.75, 3.05) is 19.6 Å². The normalized spacial score (nSPS) is 31.2. The van der Waals surface area contributed by atoms with Crippen LogP contribution in [0, 0.1) is 5.92 Å². The highest BCUT2D eigenvalue weighted by Gasteiger charge is 2.30. The summed E-state index contributed by atoms with van der Waals surface area (Å²) in [5.74, 6) is 0.307. The Morgan fingerprint density at radius 2 is 2.42 bits per heavy atom. The van der Waals surface area contributed by atoms with Gasteiger partial charge in [-0.25, -0.2) is 5.01 Å². The van der Waals surface area contributed by atoms with Crippen LogP contribution in [0.2, 0.25) is 0 Å². The van der Waals surface area contributed by atoms with Crippen molar-refractivity contribution in [1.82, 2.24) is 10.4 Å². The molecule has 4 nitrogen and oxygen atoms in total. The fourth-order valence-electron chi connectivity index (χ4n) is 1.61. The van der Waals surface area contributed by atoms with E-state index in [-0.39, 0.29) is 6.23 Å². The summed E-state index contributed by atoms with van der Waals surface area (Å²) in [5.41, 5.74) is 8.60. The quantitative estimate of drug-likeness (QED) is 0.536. The Kier molecular flexibility index (Phi) is 3.94. The lowest BCUT2D eigenvalue weighted by Gasteiger charge is -2.21. The van der Waals surface area contributed by atoms with Gasteiger partial charge in [-0.2, -0.15) is 0 Å². The number of aliphatic hydroxyl groups excluding tert-OH is 1. The number of hydrazine groups is 1. The van der Waals surface area contributed by atoms with E-state index in [1.807, 2.05) is 5.01 Å². The lowest BCUT2D eigenvalue weighted by molar-refractivity contribution is -0.0128. The molecule has 2 atom stereocenters. The number of nitrogens with one attached hydrogen (secondary N) is 1. The van der Waals surface area contributed by atoms with Crippen LogP contribution >= 0.6 is 0 Å². The van der Waals surface area contributed by atoms with Crippen molar-refractivity contribution >= 4 is 0 Å². The predicted octanol–water partition coefficient (Wildman–Crippen LogP) is -0.500. The van der Waals surface area contributed by atoms with Gasteiger partial charge in [-0.1, -0.05) is 6.92 Å². The largest absolute Gasteiger partial charge is 0.377 e. The van der Waals surface area contributed by atoms with E-state index in [0.29, 0.717) is 12.5 Å². The Bertz CT molecular complexity index is 117. The molecule has 0 radical (unpaired) electrons. The van der Waals surface area contributed by atoms with Gasteiger partial charge in [0.2, 0.25) is 0 Å². The molecule has 12 heavy (non-hydrogen) atoms. The maximum absolute atomic E-state index is 9.72. The highest BCUT2D eigenvalue weighted by molar-refractivity contribution is 4.77. The van der Waals surface area contributed by atoms with Crippen molar-refractivity contribution in [2.45, 2.75) is 26.0 Å². The van der Waals surface area contributed by atoms with Crippen LogP contribution in [0.15, 0.2) is 0 Å². The zero-order valence-electron chi connectivity index (χ0n) is 7.66. The second-order valence-electron chi connectivity index (χ2n) is 3.31. The van der Waals surface area contributed by atoms with Gasteiger partial charge in [0.15, 0.2) is 0 Å². The minimum atomic E-state index is -0.339. The summed E-state index contributed by atoms with van der Waals surface area (Å²) >= 11 is 0. The smallest absolute Gasteiger partial charge is 0.123 e. The molecule has 4 N–H and O–H groups in total. The van der Waals surface area contributed by atoms with Crippen LogP contribution in [-0.4, -0.2) is 36.0 Å². The molecule has 2 unspecified atom stereocenters. The third kappa shape index (κ3) is 2.17. The number of rotatable bonds is 4. The Hall–Kier alpha value is -0.160. The van der Waals surface area contributed by atoms with E-state index >= 15 is 0 Å². The van der Waals surface area contributed by atoms with Crippen molar-refractivity contribution in [3.05, 3.63) is 0 Å². The van der Waals surface area contributed by atoms with E-state index < -0.39 is 0 Å². The molecule has 1 rings (SSSR count). The standard InChI is InChI=1S/C8H19N3O/c1-2-5-11-8(12)7(3-4-9)6-10-11/h7-8,10,12H,2-6,9H2,1H3. The summed E-state index contributed by atoms with van der Waals surface area (Å²) in [6.45, 7) is 4.52. The zero-order valence-corrected chi connectivity index (χ0v) is 7.66. The summed E-state index contributed by atoms with van der Waals surface area (Å²) in [7, 11) is 0. The molecule has 1 aliphatic rings. The fourth-order valence-corrected chi connectivity index (χ4v) is 1.61. The molecule has 0 saturated carbocycles. The number of aliphatic hydroxyl groups is 1. The minimum absolute atomic E-state index is 0.307. The molecule has 1 saturated heterocycles. The average molecular weight is 173 g/mol. The molecule has 0 aromatic heterocycles. The van der Waals surface area contributed by atoms with Crippen LogP contribution in [0.3, 0.4) is 0 Å². The monoisotopic (exact) mass is 173 g/mol. The van der Waals surface area contributed by atoms with E-state index in [1.54, 1.807) is 0 Å². The third-order valence-corrected chi connectivity index (χ3v) is 2.30. The van der Waals surface area contributed by atoms with E-state index in [4.69, 9.17) is 5.73 Å². The highest BCUT2D eigenvalue weighted by atomic mass is 16.3. The van der Waals surface area contributed by atoms with Crippen LogP contribution < -0.4 is 11.2 Å². The molecule has 0 aromatic rings. The van der Waals surface area contributed by atoms with Gasteiger partial charge in [-0.05, 0) is 19.4 Å². The van der Waals surface area contributed by atoms with Gasteiger partial charge in [-0.15, -0.1) is 0 Å². The van der Waals surface area contributed by atoms with E-state index in [1.165, 1.54) is 0 Å². The fraction of sp³-hybridized carbons (Fsp3) is 1.00. The second kappa shape index (κ2) is 4.77. The Balaban J connectivity index is 2.32. The molecule has 4 heteroatoms. The van der Waals surface area contributed by atoms with Crippen molar-refractivity contribution in [3.8, 4) is 0 Å². The van der Waals surface area contributed by atoms with Gasteiger partial charge in [0.25, 0.3) is 0 Å². The maximum Gasteiger partial charge on any atom is 0.123 e. The van der Waals surface area contributed by atoms with Crippen molar-refractivity contribution < 1.29 is 5.11 Å². The van der Waals surface area contributed by atoms with Gasteiger partial charge >= 0.3 is 0 Å². The first-order chi connectivity index (χ1) is 5.79. The Labute approximate surface area is 73.7 Å². The molecule has 1 heterocycles. The molecule has 72 valence electrons. The molecule has 0 spiro atoms. The molecular weight excluding hydrogens is 154 g/mol. The van der Waals surface area contributed by atoms with Crippen LogP contribution in [0.5, 0.6) is 0 Å². The first-order valence-electron chi connectivity index (χ1n) is 4.67. The van der Waals surface area contributed by atoms with Gasteiger partial charge in [-0.3, -0.25) is 5.43 Å². The first-order valence-corrected chi connectivity index (χ1v) is 4.67. The molecule has 0 amide bonds. The number of hydrogen-bond acceptors (Lipinski definition) is 4. The Morgan fingerprint density at radius 1 is 1.67 bits per heavy atom. The van der Waals surface area contributed by atoms with Crippen LogP contribution in [0.4, 0.5) is 0 Å². The van der Waals surface area contributed by atoms with Crippen molar-refractivity contribution in [1.29, 1.82) is 0 Å². The van der Waals surface area contributed by atoms with E-state index in [9.17, 15) is 5.11 Å². The van der Waals surface area contributed by atoms with E-state index in [2.05, 4.69) is 12.3 Å². The van der Waals surface area contributed by atoms with Crippen LogP contribution in [0.1, 0.15) is 19.8 Å². The summed E-state index contributed by atoms with van der Waals surface area (Å²) < 4.78 is 0. The second-order valence-corrected chi connectivity index (χ2v) is 3.31. The van der Waals surface area contributed by atoms with Gasteiger partial charge in [0.05, 0.1) is 0 Å². The first kappa shape index (κ1) is 9.92. The minimum Gasteiger partial charge on any atom is -0.377 e. The molecule has 1 aliphatic heterocycles. The molecule has 0 aromatic carbocycles. The zero-order chi connectivity index (χ0) is 8.97. The lowest BCUT2D eigenvalue weighted by atomic mass is 10.1. The van der Waals surface area contributed by atoms with Crippen molar-refractivity contribution in [3.63, 3.8) is 0 Å². The lowest BCUT2D eigenvalue weighted by Crippen LogP contribution is -2.38. The summed E-state index contributed by atoms with van der Waals surface area (Å²) in [6.07, 6.45) is 1.61. The van der Waals surface area contributed by atoms with Crippen LogP contribution in [0.25, 0.3) is 0 Å². The molecule has 0 aliphatic carbocycles.